The Hall–Kier alpha value is -0.810. The summed E-state index contributed by atoms with van der Waals surface area (Å²) in [5.74, 6) is -3.71. The van der Waals surface area contributed by atoms with Gasteiger partial charge < -0.3 is 0 Å². The van der Waals surface area contributed by atoms with Gasteiger partial charge in [0.25, 0.3) is 5.78 Å². The van der Waals surface area contributed by atoms with Crippen molar-refractivity contribution in [3.8, 4) is 0 Å². The number of Topliss-reactive ketones (excluding diaryl/α,β-unsaturated/α-hetero) is 1. The van der Waals surface area contributed by atoms with Gasteiger partial charge >= 0.3 is 6.18 Å². The lowest BCUT2D eigenvalue weighted by molar-refractivity contribution is -0.0887. The number of ketones is 1. The quantitative estimate of drug-likeness (QED) is 0.426. The predicted molar refractivity (Wildman–Crippen MR) is 46.8 cm³/mol. The third kappa shape index (κ3) is 2.41. The van der Waals surface area contributed by atoms with E-state index >= 15 is 0 Å². The Bertz CT molecular complexity index is 414. The predicted octanol–water partition coefficient (Wildman–Crippen LogP) is 3.88. The number of halogens is 6. The Morgan fingerprint density at radius 2 is 1.73 bits per heavy atom. The molecule has 1 aromatic rings. The van der Waals surface area contributed by atoms with E-state index in [4.69, 9.17) is 23.2 Å². The van der Waals surface area contributed by atoms with E-state index < -0.39 is 28.4 Å². The maximum Gasteiger partial charge on any atom is 0.455 e. The van der Waals surface area contributed by atoms with Gasteiger partial charge in [0.1, 0.15) is 5.82 Å². The first-order chi connectivity index (χ1) is 6.75. The highest BCUT2D eigenvalue weighted by molar-refractivity contribution is 6.44. The summed E-state index contributed by atoms with van der Waals surface area (Å²) in [4.78, 5) is 10.8. The summed E-state index contributed by atoms with van der Waals surface area (Å²) < 4.78 is 49.0. The highest BCUT2D eigenvalue weighted by Crippen LogP contribution is 2.32. The van der Waals surface area contributed by atoms with Crippen LogP contribution in [0.4, 0.5) is 17.6 Å². The Morgan fingerprint density at radius 3 is 2.20 bits per heavy atom. The Morgan fingerprint density at radius 1 is 1.20 bits per heavy atom. The molecule has 1 rings (SSSR count). The smallest absolute Gasteiger partial charge is 0.284 e. The highest BCUT2D eigenvalue weighted by atomic mass is 35.5. The van der Waals surface area contributed by atoms with Crippen molar-refractivity contribution in [1.29, 1.82) is 0 Å². The molecular weight excluding hydrogens is 259 g/mol. The molecule has 0 radical (unpaired) electrons. The van der Waals surface area contributed by atoms with Crippen molar-refractivity contribution >= 4 is 29.0 Å². The molecule has 1 nitrogen and oxygen atoms in total. The summed E-state index contributed by atoms with van der Waals surface area (Å²) in [7, 11) is 0. The molecule has 0 saturated carbocycles. The molecule has 0 N–H and O–H groups in total. The average molecular weight is 261 g/mol. The van der Waals surface area contributed by atoms with Crippen molar-refractivity contribution in [2.75, 3.05) is 0 Å². The van der Waals surface area contributed by atoms with Gasteiger partial charge in [-0.2, -0.15) is 13.2 Å². The molecule has 0 atom stereocenters. The minimum Gasteiger partial charge on any atom is -0.284 e. The fourth-order valence-electron chi connectivity index (χ4n) is 0.877. The van der Waals surface area contributed by atoms with Crippen LogP contribution in [0.3, 0.4) is 0 Å². The molecule has 0 aliphatic carbocycles. The van der Waals surface area contributed by atoms with Crippen molar-refractivity contribution in [2.45, 2.75) is 6.18 Å². The van der Waals surface area contributed by atoms with Crippen LogP contribution in [0.5, 0.6) is 0 Å². The molecule has 0 amide bonds. The van der Waals surface area contributed by atoms with E-state index in [2.05, 4.69) is 0 Å². The van der Waals surface area contributed by atoms with E-state index in [1.54, 1.807) is 0 Å². The number of rotatable bonds is 1. The van der Waals surface area contributed by atoms with Gasteiger partial charge in [0.15, 0.2) is 0 Å². The van der Waals surface area contributed by atoms with Crippen LogP contribution in [-0.4, -0.2) is 12.0 Å². The first kappa shape index (κ1) is 12.3. The number of hydrogen-bond donors (Lipinski definition) is 0. The molecule has 0 spiro atoms. The van der Waals surface area contributed by atoms with Crippen molar-refractivity contribution in [3.05, 3.63) is 33.6 Å². The maximum absolute atomic E-state index is 12.9. The van der Waals surface area contributed by atoms with Crippen molar-refractivity contribution < 1.29 is 22.4 Å². The van der Waals surface area contributed by atoms with E-state index in [9.17, 15) is 22.4 Å². The Kier molecular flexibility index (Phi) is 3.25. The zero-order valence-electron chi connectivity index (χ0n) is 6.83. The van der Waals surface area contributed by atoms with Gasteiger partial charge in [0.05, 0.1) is 15.6 Å². The SMILES string of the molecule is O=C(c1c(F)ccc(Cl)c1Cl)C(F)(F)F. The molecule has 0 aliphatic rings. The molecule has 0 fully saturated rings. The van der Waals surface area contributed by atoms with Crippen LogP contribution in [0.15, 0.2) is 12.1 Å². The second-order valence-corrected chi connectivity index (χ2v) is 3.33. The number of hydrogen-bond acceptors (Lipinski definition) is 1. The van der Waals surface area contributed by atoms with Gasteiger partial charge in [-0.3, -0.25) is 4.79 Å². The Balaban J connectivity index is 3.38. The van der Waals surface area contributed by atoms with E-state index in [1.807, 2.05) is 0 Å². The molecule has 0 bridgehead atoms. The van der Waals surface area contributed by atoms with Gasteiger partial charge in [0, 0.05) is 0 Å². The van der Waals surface area contributed by atoms with Gasteiger partial charge in [-0.25, -0.2) is 4.39 Å². The molecule has 0 saturated heterocycles. The number of alkyl halides is 3. The summed E-state index contributed by atoms with van der Waals surface area (Å²) in [6.45, 7) is 0. The third-order valence-electron chi connectivity index (χ3n) is 1.53. The van der Waals surface area contributed by atoms with E-state index in [-0.39, 0.29) is 5.02 Å². The highest BCUT2D eigenvalue weighted by Gasteiger charge is 2.42. The molecule has 1 aromatic carbocycles. The minimum absolute atomic E-state index is 0.314. The van der Waals surface area contributed by atoms with Crippen LogP contribution in [0, 0.1) is 5.82 Å². The summed E-state index contributed by atoms with van der Waals surface area (Å²) in [6, 6.07) is 1.61. The summed E-state index contributed by atoms with van der Waals surface area (Å²) in [5.41, 5.74) is -1.25. The summed E-state index contributed by atoms with van der Waals surface area (Å²) >= 11 is 10.7. The molecule has 0 aliphatic heterocycles. The molecule has 82 valence electrons. The van der Waals surface area contributed by atoms with Crippen LogP contribution in [0.2, 0.25) is 10.0 Å². The van der Waals surface area contributed by atoms with Gasteiger partial charge in [-0.15, -0.1) is 0 Å². The summed E-state index contributed by atoms with van der Waals surface area (Å²) in [5, 5.41) is -1.05. The van der Waals surface area contributed by atoms with Gasteiger partial charge in [0.2, 0.25) is 0 Å². The molecule has 0 heterocycles. The molecule has 7 heteroatoms. The van der Waals surface area contributed by atoms with Crippen molar-refractivity contribution in [1.82, 2.24) is 0 Å². The topological polar surface area (TPSA) is 17.1 Å². The van der Waals surface area contributed by atoms with Crippen LogP contribution >= 0.6 is 23.2 Å². The zero-order valence-corrected chi connectivity index (χ0v) is 8.34. The zero-order chi connectivity index (χ0) is 11.8. The molecule has 15 heavy (non-hydrogen) atoms. The van der Waals surface area contributed by atoms with Crippen molar-refractivity contribution in [2.24, 2.45) is 0 Å². The van der Waals surface area contributed by atoms with E-state index in [1.165, 1.54) is 0 Å². The fraction of sp³-hybridized carbons (Fsp3) is 0.125. The first-order valence-electron chi connectivity index (χ1n) is 3.50. The maximum atomic E-state index is 12.9. The Labute approximate surface area is 91.6 Å². The van der Waals surface area contributed by atoms with Crippen molar-refractivity contribution in [3.63, 3.8) is 0 Å². The standard InChI is InChI=1S/C8H2Cl2F4O/c9-3-1-2-4(11)5(6(3)10)7(15)8(12,13)14/h1-2H. The van der Waals surface area contributed by atoms with Crippen LogP contribution < -0.4 is 0 Å². The van der Waals surface area contributed by atoms with Gasteiger partial charge in [-0.1, -0.05) is 23.2 Å². The average Bonchev–Trinajstić information content (AvgIpc) is 2.10. The first-order valence-corrected chi connectivity index (χ1v) is 4.25. The number of carbonyl (C=O) groups excluding carboxylic acids is 1. The summed E-state index contributed by atoms with van der Waals surface area (Å²) in [6.07, 6.45) is -5.19. The van der Waals surface area contributed by atoms with E-state index in [0.717, 1.165) is 6.07 Å². The van der Waals surface area contributed by atoms with Gasteiger partial charge in [-0.05, 0) is 12.1 Å². The minimum atomic E-state index is -5.19. The lowest BCUT2D eigenvalue weighted by Crippen LogP contribution is -2.24. The van der Waals surface area contributed by atoms with E-state index in [0.29, 0.717) is 6.07 Å². The van der Waals surface area contributed by atoms with Crippen LogP contribution in [-0.2, 0) is 0 Å². The number of benzene rings is 1. The van der Waals surface area contributed by atoms with Crippen LogP contribution in [0.1, 0.15) is 10.4 Å². The number of carbonyl (C=O) groups is 1. The monoisotopic (exact) mass is 260 g/mol. The lowest BCUT2D eigenvalue weighted by Gasteiger charge is -2.08. The molecule has 0 aromatic heterocycles. The molecule has 0 unspecified atom stereocenters. The second-order valence-electron chi connectivity index (χ2n) is 2.55. The largest absolute Gasteiger partial charge is 0.455 e. The normalized spacial score (nSPS) is 11.6. The fourth-order valence-corrected chi connectivity index (χ4v) is 1.27. The molecular formula is C8H2Cl2F4O. The second kappa shape index (κ2) is 3.98. The lowest BCUT2D eigenvalue weighted by atomic mass is 10.1. The third-order valence-corrected chi connectivity index (χ3v) is 2.33. The van der Waals surface area contributed by atoms with Crippen LogP contribution in [0.25, 0.3) is 0 Å².